The minimum atomic E-state index is 0.280. The molecule has 1 aliphatic heterocycles. The molecular weight excluding hydrogens is 164 g/mol. The van der Waals surface area contributed by atoms with Crippen LogP contribution in [-0.4, -0.2) is 42.3 Å². The molecule has 78 valence electrons. The second-order valence-corrected chi connectivity index (χ2v) is 4.35. The van der Waals surface area contributed by atoms with Crippen molar-refractivity contribution in [3.8, 4) is 0 Å². The Balaban J connectivity index is 2.41. The molecule has 3 heteroatoms. The molecule has 3 N–H and O–H groups in total. The first kappa shape index (κ1) is 11.0. The van der Waals surface area contributed by atoms with Gasteiger partial charge in [-0.1, -0.05) is 13.8 Å². The Labute approximate surface area is 80.9 Å². The van der Waals surface area contributed by atoms with E-state index in [-0.39, 0.29) is 6.61 Å². The molecule has 3 unspecified atom stereocenters. The molecule has 0 aliphatic carbocycles. The number of aliphatic hydroxyl groups excluding tert-OH is 1. The van der Waals surface area contributed by atoms with Gasteiger partial charge in [0.15, 0.2) is 0 Å². The van der Waals surface area contributed by atoms with E-state index in [0.29, 0.717) is 12.0 Å². The van der Waals surface area contributed by atoms with Gasteiger partial charge in [-0.05, 0) is 24.8 Å². The van der Waals surface area contributed by atoms with Gasteiger partial charge in [-0.2, -0.15) is 0 Å². The molecule has 1 heterocycles. The van der Waals surface area contributed by atoms with Crippen LogP contribution in [0.15, 0.2) is 0 Å². The molecule has 3 atom stereocenters. The van der Waals surface area contributed by atoms with Gasteiger partial charge in [0, 0.05) is 25.7 Å². The molecule has 3 nitrogen and oxygen atoms in total. The van der Waals surface area contributed by atoms with Gasteiger partial charge in [-0.3, -0.25) is 4.90 Å². The zero-order chi connectivity index (χ0) is 9.84. The number of nitrogens with two attached hydrogens (primary N) is 1. The first-order valence-electron chi connectivity index (χ1n) is 5.24. The maximum atomic E-state index is 8.96. The number of likely N-dealkylation sites (tertiary alicyclic amines) is 1. The second-order valence-electron chi connectivity index (χ2n) is 4.35. The highest BCUT2D eigenvalue weighted by Crippen LogP contribution is 2.23. The van der Waals surface area contributed by atoms with Gasteiger partial charge in [0.1, 0.15) is 0 Å². The standard InChI is InChI=1S/C10H22N2O/c1-8(7-13)6-12-4-3-9(2)10(12)5-11/h8-10,13H,3-7,11H2,1-2H3. The van der Waals surface area contributed by atoms with Crippen molar-refractivity contribution in [1.82, 2.24) is 4.90 Å². The number of aliphatic hydroxyl groups is 1. The predicted molar refractivity (Wildman–Crippen MR) is 54.4 cm³/mol. The highest BCUT2D eigenvalue weighted by atomic mass is 16.3. The molecule has 0 aromatic rings. The Bertz CT molecular complexity index is 152. The van der Waals surface area contributed by atoms with Gasteiger partial charge in [-0.25, -0.2) is 0 Å². The topological polar surface area (TPSA) is 49.5 Å². The molecule has 0 aromatic heterocycles. The highest BCUT2D eigenvalue weighted by molar-refractivity contribution is 4.85. The van der Waals surface area contributed by atoms with E-state index in [1.165, 1.54) is 6.42 Å². The van der Waals surface area contributed by atoms with E-state index in [0.717, 1.165) is 25.6 Å². The minimum absolute atomic E-state index is 0.280. The van der Waals surface area contributed by atoms with Crippen LogP contribution in [0.25, 0.3) is 0 Å². The molecule has 0 aromatic carbocycles. The molecule has 0 radical (unpaired) electrons. The molecule has 0 saturated carbocycles. The van der Waals surface area contributed by atoms with Crippen molar-refractivity contribution in [3.63, 3.8) is 0 Å². The van der Waals surface area contributed by atoms with Gasteiger partial charge in [-0.15, -0.1) is 0 Å². The molecule has 0 bridgehead atoms. The van der Waals surface area contributed by atoms with Gasteiger partial charge in [0.25, 0.3) is 0 Å². The molecule has 13 heavy (non-hydrogen) atoms. The van der Waals surface area contributed by atoms with E-state index in [1.54, 1.807) is 0 Å². The van der Waals surface area contributed by atoms with Gasteiger partial charge < -0.3 is 10.8 Å². The van der Waals surface area contributed by atoms with Crippen LogP contribution in [0.1, 0.15) is 20.3 Å². The minimum Gasteiger partial charge on any atom is -0.396 e. The van der Waals surface area contributed by atoms with Crippen molar-refractivity contribution in [2.75, 3.05) is 26.2 Å². The van der Waals surface area contributed by atoms with Gasteiger partial charge >= 0.3 is 0 Å². The first-order chi connectivity index (χ1) is 6.19. The molecular formula is C10H22N2O. The lowest BCUT2D eigenvalue weighted by Crippen LogP contribution is -2.41. The normalized spacial score (nSPS) is 32.3. The van der Waals surface area contributed by atoms with E-state index in [2.05, 4.69) is 18.7 Å². The lowest BCUT2D eigenvalue weighted by Gasteiger charge is -2.27. The van der Waals surface area contributed by atoms with Crippen LogP contribution >= 0.6 is 0 Å². The summed E-state index contributed by atoms with van der Waals surface area (Å²) in [6, 6.07) is 0.536. The summed E-state index contributed by atoms with van der Waals surface area (Å²) in [4.78, 5) is 2.42. The Hall–Kier alpha value is -0.120. The molecule has 1 saturated heterocycles. The maximum absolute atomic E-state index is 8.96. The summed E-state index contributed by atoms with van der Waals surface area (Å²) in [6.07, 6.45) is 1.25. The van der Waals surface area contributed by atoms with Crippen molar-refractivity contribution in [2.24, 2.45) is 17.6 Å². The average Bonchev–Trinajstić information content (AvgIpc) is 2.46. The third-order valence-electron chi connectivity index (χ3n) is 3.10. The zero-order valence-corrected chi connectivity index (χ0v) is 8.74. The Morgan fingerprint density at radius 1 is 1.62 bits per heavy atom. The van der Waals surface area contributed by atoms with E-state index in [4.69, 9.17) is 10.8 Å². The third-order valence-corrected chi connectivity index (χ3v) is 3.10. The summed E-state index contributed by atoms with van der Waals surface area (Å²) in [7, 11) is 0. The fraction of sp³-hybridized carbons (Fsp3) is 1.00. The van der Waals surface area contributed by atoms with Crippen molar-refractivity contribution in [3.05, 3.63) is 0 Å². The van der Waals surface area contributed by atoms with Crippen LogP contribution in [0, 0.1) is 11.8 Å². The smallest absolute Gasteiger partial charge is 0.0468 e. The van der Waals surface area contributed by atoms with Crippen LogP contribution in [0.4, 0.5) is 0 Å². The van der Waals surface area contributed by atoms with Crippen molar-refractivity contribution in [2.45, 2.75) is 26.3 Å². The van der Waals surface area contributed by atoms with E-state index >= 15 is 0 Å². The summed E-state index contributed by atoms with van der Waals surface area (Å²) in [6.45, 7) is 7.51. The molecule has 1 rings (SSSR count). The fourth-order valence-electron chi connectivity index (χ4n) is 2.15. The van der Waals surface area contributed by atoms with Crippen LogP contribution in [0.2, 0.25) is 0 Å². The first-order valence-corrected chi connectivity index (χ1v) is 5.24. The molecule has 1 fully saturated rings. The van der Waals surface area contributed by atoms with Crippen LogP contribution in [-0.2, 0) is 0 Å². The summed E-state index contributed by atoms with van der Waals surface area (Å²) in [5.74, 6) is 1.09. The molecule has 1 aliphatic rings. The highest BCUT2D eigenvalue weighted by Gasteiger charge is 2.30. The summed E-state index contributed by atoms with van der Waals surface area (Å²) in [5.41, 5.74) is 5.73. The Kier molecular flexibility index (Phi) is 4.16. The quantitative estimate of drug-likeness (QED) is 0.663. The van der Waals surface area contributed by atoms with Gasteiger partial charge in [0.05, 0.1) is 0 Å². The van der Waals surface area contributed by atoms with Crippen molar-refractivity contribution < 1.29 is 5.11 Å². The number of rotatable bonds is 4. The summed E-state index contributed by atoms with van der Waals surface area (Å²) >= 11 is 0. The lowest BCUT2D eigenvalue weighted by molar-refractivity contribution is 0.158. The number of hydrogen-bond donors (Lipinski definition) is 2. The fourth-order valence-corrected chi connectivity index (χ4v) is 2.15. The monoisotopic (exact) mass is 186 g/mol. The number of nitrogens with zero attached hydrogens (tertiary/aromatic N) is 1. The van der Waals surface area contributed by atoms with Gasteiger partial charge in [0.2, 0.25) is 0 Å². The molecule has 0 spiro atoms. The van der Waals surface area contributed by atoms with Crippen LogP contribution < -0.4 is 5.73 Å². The third kappa shape index (κ3) is 2.66. The second kappa shape index (κ2) is 4.94. The summed E-state index contributed by atoms with van der Waals surface area (Å²) in [5, 5.41) is 8.96. The lowest BCUT2D eigenvalue weighted by atomic mass is 10.0. The summed E-state index contributed by atoms with van der Waals surface area (Å²) < 4.78 is 0. The average molecular weight is 186 g/mol. The van der Waals surface area contributed by atoms with E-state index in [1.807, 2.05) is 0 Å². The Morgan fingerprint density at radius 3 is 2.85 bits per heavy atom. The zero-order valence-electron chi connectivity index (χ0n) is 8.74. The van der Waals surface area contributed by atoms with Crippen molar-refractivity contribution >= 4 is 0 Å². The Morgan fingerprint density at radius 2 is 2.31 bits per heavy atom. The van der Waals surface area contributed by atoms with Crippen molar-refractivity contribution in [1.29, 1.82) is 0 Å². The van der Waals surface area contributed by atoms with Crippen LogP contribution in [0.3, 0.4) is 0 Å². The van der Waals surface area contributed by atoms with E-state index in [9.17, 15) is 0 Å². The SMILES string of the molecule is CC(CO)CN1CCC(C)C1CN. The largest absolute Gasteiger partial charge is 0.396 e. The van der Waals surface area contributed by atoms with Crippen LogP contribution in [0.5, 0.6) is 0 Å². The molecule has 0 amide bonds. The van der Waals surface area contributed by atoms with E-state index < -0.39 is 0 Å². The number of hydrogen-bond acceptors (Lipinski definition) is 3. The predicted octanol–water partition coefficient (Wildman–Crippen LogP) is 0.284. The maximum Gasteiger partial charge on any atom is 0.0468 e.